The Balaban J connectivity index is 2.13. The minimum absolute atomic E-state index is 0.0561. The van der Waals surface area contributed by atoms with Crippen LogP contribution in [0.5, 0.6) is 5.75 Å². The standard InChI is InChI=1S/C15H14NO3/c1-2-13-8-9-14(10-15(13)16(17)18)19-11-12-6-4-3-5-7-12/h3-10H,1-2,11H2. The van der Waals surface area contributed by atoms with E-state index < -0.39 is 4.92 Å². The van der Waals surface area contributed by atoms with Gasteiger partial charge in [-0.1, -0.05) is 30.3 Å². The van der Waals surface area contributed by atoms with Crippen LogP contribution >= 0.6 is 0 Å². The lowest BCUT2D eigenvalue weighted by Gasteiger charge is -2.07. The average molecular weight is 256 g/mol. The van der Waals surface area contributed by atoms with E-state index in [1.807, 2.05) is 30.3 Å². The monoisotopic (exact) mass is 256 g/mol. The molecule has 1 radical (unpaired) electrons. The lowest BCUT2D eigenvalue weighted by Crippen LogP contribution is -1.98. The number of hydrogen-bond acceptors (Lipinski definition) is 3. The van der Waals surface area contributed by atoms with Crippen LogP contribution in [0.3, 0.4) is 0 Å². The van der Waals surface area contributed by atoms with Gasteiger partial charge in [0.05, 0.1) is 11.0 Å². The van der Waals surface area contributed by atoms with Crippen LogP contribution in [-0.2, 0) is 13.0 Å². The molecule has 4 nitrogen and oxygen atoms in total. The summed E-state index contributed by atoms with van der Waals surface area (Å²) in [5.41, 5.74) is 1.68. The van der Waals surface area contributed by atoms with Crippen LogP contribution in [0.15, 0.2) is 48.5 Å². The predicted octanol–water partition coefficient (Wildman–Crippen LogP) is 3.55. The Bertz CT molecular complexity index is 567. The molecule has 0 N–H and O–H groups in total. The first kappa shape index (κ1) is 13.1. The van der Waals surface area contributed by atoms with Crippen molar-refractivity contribution in [1.82, 2.24) is 0 Å². The van der Waals surface area contributed by atoms with Gasteiger partial charge in [0.2, 0.25) is 0 Å². The molecule has 0 aliphatic carbocycles. The third kappa shape index (κ3) is 3.31. The molecule has 0 heterocycles. The Morgan fingerprint density at radius 1 is 1.16 bits per heavy atom. The lowest BCUT2D eigenvalue weighted by atomic mass is 10.1. The minimum atomic E-state index is -0.407. The Morgan fingerprint density at radius 3 is 2.53 bits per heavy atom. The number of nitro benzene ring substituents is 1. The summed E-state index contributed by atoms with van der Waals surface area (Å²) < 4.78 is 5.56. The summed E-state index contributed by atoms with van der Waals surface area (Å²) in [4.78, 5) is 10.5. The Hall–Kier alpha value is -2.36. The zero-order valence-electron chi connectivity index (χ0n) is 10.4. The van der Waals surface area contributed by atoms with Crippen LogP contribution in [0, 0.1) is 17.0 Å². The minimum Gasteiger partial charge on any atom is -0.489 e. The molecule has 0 fully saturated rings. The first-order chi connectivity index (χ1) is 9.20. The Morgan fingerprint density at radius 2 is 1.89 bits per heavy atom. The van der Waals surface area contributed by atoms with Crippen molar-refractivity contribution in [3.8, 4) is 5.75 Å². The molecular weight excluding hydrogens is 242 g/mol. The molecule has 0 saturated carbocycles. The molecule has 0 aromatic heterocycles. The number of ether oxygens (including phenoxy) is 1. The van der Waals surface area contributed by atoms with Crippen LogP contribution in [0.1, 0.15) is 11.1 Å². The van der Waals surface area contributed by atoms with Crippen LogP contribution < -0.4 is 4.74 Å². The van der Waals surface area contributed by atoms with Crippen molar-refractivity contribution in [2.24, 2.45) is 0 Å². The van der Waals surface area contributed by atoms with E-state index in [4.69, 9.17) is 4.74 Å². The van der Waals surface area contributed by atoms with Crippen molar-refractivity contribution >= 4 is 5.69 Å². The van der Waals surface area contributed by atoms with E-state index in [1.165, 1.54) is 6.07 Å². The quantitative estimate of drug-likeness (QED) is 0.607. The SMILES string of the molecule is [CH2]Cc1ccc(OCc2ccccc2)cc1[N+](=O)[O-]. The van der Waals surface area contributed by atoms with Crippen LogP contribution in [0.4, 0.5) is 5.69 Å². The summed E-state index contributed by atoms with van der Waals surface area (Å²) in [7, 11) is 0. The van der Waals surface area contributed by atoms with Gasteiger partial charge in [0, 0.05) is 5.56 Å². The van der Waals surface area contributed by atoms with Gasteiger partial charge in [0.15, 0.2) is 0 Å². The maximum absolute atomic E-state index is 10.9. The summed E-state index contributed by atoms with van der Waals surface area (Å²) in [6.07, 6.45) is 0.384. The van der Waals surface area contributed by atoms with Gasteiger partial charge in [-0.25, -0.2) is 0 Å². The molecule has 19 heavy (non-hydrogen) atoms. The van der Waals surface area contributed by atoms with E-state index >= 15 is 0 Å². The van der Waals surface area contributed by atoms with Crippen molar-refractivity contribution in [3.63, 3.8) is 0 Å². The third-order valence-corrected chi connectivity index (χ3v) is 2.77. The van der Waals surface area contributed by atoms with E-state index in [0.717, 1.165) is 5.56 Å². The second-order valence-electron chi connectivity index (χ2n) is 4.07. The molecule has 0 unspecified atom stereocenters. The van der Waals surface area contributed by atoms with Gasteiger partial charge >= 0.3 is 0 Å². The average Bonchev–Trinajstić information content (AvgIpc) is 2.46. The summed E-state index contributed by atoms with van der Waals surface area (Å²) in [6.45, 7) is 4.07. The summed E-state index contributed by atoms with van der Waals surface area (Å²) in [6, 6.07) is 14.5. The number of hydrogen-bond donors (Lipinski definition) is 0. The molecule has 0 aliphatic heterocycles. The highest BCUT2D eigenvalue weighted by atomic mass is 16.6. The Kier molecular flexibility index (Phi) is 4.13. The van der Waals surface area contributed by atoms with Gasteiger partial charge in [-0.3, -0.25) is 10.1 Å². The molecular formula is C15H14NO3. The highest BCUT2D eigenvalue weighted by molar-refractivity contribution is 5.46. The zero-order valence-corrected chi connectivity index (χ0v) is 10.4. The molecule has 2 aromatic carbocycles. The molecule has 97 valence electrons. The topological polar surface area (TPSA) is 52.4 Å². The van der Waals surface area contributed by atoms with Gasteiger partial charge in [0.25, 0.3) is 5.69 Å². The van der Waals surface area contributed by atoms with Crippen molar-refractivity contribution in [3.05, 3.63) is 76.7 Å². The predicted molar refractivity (Wildman–Crippen MR) is 72.9 cm³/mol. The molecule has 0 amide bonds. The van der Waals surface area contributed by atoms with Crippen molar-refractivity contribution in [2.45, 2.75) is 13.0 Å². The number of nitro groups is 1. The van der Waals surface area contributed by atoms with Crippen molar-refractivity contribution < 1.29 is 9.66 Å². The number of rotatable bonds is 5. The van der Waals surface area contributed by atoms with E-state index in [-0.39, 0.29) is 5.69 Å². The first-order valence-corrected chi connectivity index (χ1v) is 5.94. The van der Waals surface area contributed by atoms with Crippen molar-refractivity contribution in [1.29, 1.82) is 0 Å². The fourth-order valence-corrected chi connectivity index (χ4v) is 1.76. The third-order valence-electron chi connectivity index (χ3n) is 2.77. The number of nitrogens with zero attached hydrogens (tertiary/aromatic N) is 1. The second kappa shape index (κ2) is 6.00. The first-order valence-electron chi connectivity index (χ1n) is 5.94. The van der Waals surface area contributed by atoms with Crippen molar-refractivity contribution in [2.75, 3.05) is 0 Å². The maximum atomic E-state index is 10.9. The molecule has 0 atom stereocenters. The van der Waals surface area contributed by atoms with Gasteiger partial charge in [0.1, 0.15) is 12.4 Å². The zero-order chi connectivity index (χ0) is 13.7. The summed E-state index contributed by atoms with van der Waals surface area (Å²) >= 11 is 0. The van der Waals surface area contributed by atoms with E-state index in [0.29, 0.717) is 24.3 Å². The van der Waals surface area contributed by atoms with Crippen LogP contribution in [-0.4, -0.2) is 4.92 Å². The highest BCUT2D eigenvalue weighted by Gasteiger charge is 2.13. The maximum Gasteiger partial charge on any atom is 0.276 e. The van der Waals surface area contributed by atoms with Crippen LogP contribution in [0.25, 0.3) is 0 Å². The van der Waals surface area contributed by atoms with Gasteiger partial charge < -0.3 is 4.74 Å². The van der Waals surface area contributed by atoms with E-state index in [2.05, 4.69) is 6.92 Å². The van der Waals surface area contributed by atoms with E-state index in [1.54, 1.807) is 12.1 Å². The molecule has 2 aromatic rings. The smallest absolute Gasteiger partial charge is 0.276 e. The van der Waals surface area contributed by atoms with Gasteiger partial charge in [-0.05, 0) is 31.0 Å². The number of benzene rings is 2. The molecule has 0 aliphatic rings. The Labute approximate surface area is 111 Å². The van der Waals surface area contributed by atoms with E-state index in [9.17, 15) is 10.1 Å². The van der Waals surface area contributed by atoms with Crippen LogP contribution in [0.2, 0.25) is 0 Å². The molecule has 0 saturated heterocycles. The lowest BCUT2D eigenvalue weighted by molar-refractivity contribution is -0.385. The second-order valence-corrected chi connectivity index (χ2v) is 4.07. The fourth-order valence-electron chi connectivity index (χ4n) is 1.76. The normalized spacial score (nSPS) is 10.2. The van der Waals surface area contributed by atoms with Gasteiger partial charge in [-0.15, -0.1) is 0 Å². The van der Waals surface area contributed by atoms with Gasteiger partial charge in [-0.2, -0.15) is 0 Å². The fraction of sp³-hybridized carbons (Fsp3) is 0.133. The molecule has 0 spiro atoms. The molecule has 0 bridgehead atoms. The highest BCUT2D eigenvalue weighted by Crippen LogP contribution is 2.25. The largest absolute Gasteiger partial charge is 0.489 e. The summed E-state index contributed by atoms with van der Waals surface area (Å²) in [5.74, 6) is 0.493. The summed E-state index contributed by atoms with van der Waals surface area (Å²) in [5, 5.41) is 10.9. The molecule has 2 rings (SSSR count). The molecule has 4 heteroatoms.